The number of aryl methyl sites for hydroxylation is 1. The fourth-order valence-electron chi connectivity index (χ4n) is 0.615. The van der Waals surface area contributed by atoms with E-state index in [1.165, 1.54) is 0 Å². The van der Waals surface area contributed by atoms with Gasteiger partial charge in [0.2, 0.25) is 0 Å². The summed E-state index contributed by atoms with van der Waals surface area (Å²) in [5, 5.41) is 0. The summed E-state index contributed by atoms with van der Waals surface area (Å²) in [6.45, 7) is 1.83. The van der Waals surface area contributed by atoms with Crippen LogP contribution in [-0.2, 0) is 4.43 Å². The van der Waals surface area contributed by atoms with E-state index in [0.29, 0.717) is 5.82 Å². The van der Waals surface area contributed by atoms with Crippen molar-refractivity contribution in [3.63, 3.8) is 0 Å². The fraction of sp³-hybridized carbons (Fsp3) is 0.333. The number of aromatic nitrogens is 2. The lowest BCUT2D eigenvalue weighted by molar-refractivity contribution is 1.04. The van der Waals surface area contributed by atoms with E-state index in [1.807, 2.05) is 6.92 Å². The predicted octanol–water partition coefficient (Wildman–Crippen LogP) is 1.30. The summed E-state index contributed by atoms with van der Waals surface area (Å²) in [7, 11) is 0. The zero-order valence-electron chi connectivity index (χ0n) is 5.63. The molecule has 3 nitrogen and oxygen atoms in total. The first-order valence-electron chi connectivity index (χ1n) is 2.88. The summed E-state index contributed by atoms with van der Waals surface area (Å²) in [6, 6.07) is 0. The number of rotatable bonds is 1. The smallest absolute Gasteiger partial charge is 0.131 e. The Morgan fingerprint density at radius 1 is 1.70 bits per heavy atom. The minimum atomic E-state index is 0.599. The van der Waals surface area contributed by atoms with Crippen molar-refractivity contribution in [1.29, 1.82) is 0 Å². The second-order valence-corrected chi connectivity index (χ2v) is 2.72. The molecule has 2 N–H and O–H groups in total. The Hall–Kier alpha value is -0.390. The van der Waals surface area contributed by atoms with Crippen LogP contribution >= 0.6 is 22.6 Å². The lowest BCUT2D eigenvalue weighted by Crippen LogP contribution is -1.99. The molecule has 1 rings (SSSR count). The molecule has 4 heteroatoms. The third-order valence-corrected chi connectivity index (χ3v) is 1.98. The molecule has 0 bridgehead atoms. The maximum atomic E-state index is 5.58. The van der Waals surface area contributed by atoms with Crippen LogP contribution in [0.2, 0.25) is 0 Å². The normalized spacial score (nSPS) is 9.80. The number of hydrogen-bond acceptors (Lipinski definition) is 3. The lowest BCUT2D eigenvalue weighted by atomic mass is 10.3. The lowest BCUT2D eigenvalue weighted by Gasteiger charge is -1.99. The topological polar surface area (TPSA) is 51.8 Å². The van der Waals surface area contributed by atoms with Crippen molar-refractivity contribution in [2.75, 3.05) is 5.73 Å². The number of nitrogens with two attached hydrogens (primary N) is 1. The van der Waals surface area contributed by atoms with E-state index in [1.54, 1.807) is 6.20 Å². The molecule has 0 saturated carbocycles. The zero-order valence-corrected chi connectivity index (χ0v) is 7.79. The molecule has 0 saturated heterocycles. The van der Waals surface area contributed by atoms with Crippen molar-refractivity contribution >= 4 is 28.4 Å². The summed E-state index contributed by atoms with van der Waals surface area (Å²) in [5.41, 5.74) is 6.58. The molecule has 0 spiro atoms. The van der Waals surface area contributed by atoms with Gasteiger partial charge in [0.05, 0.1) is 0 Å². The van der Waals surface area contributed by atoms with E-state index < -0.39 is 0 Å². The van der Waals surface area contributed by atoms with Crippen molar-refractivity contribution in [2.24, 2.45) is 0 Å². The van der Waals surface area contributed by atoms with Gasteiger partial charge in [0.15, 0.2) is 0 Å². The molecule has 0 aromatic carbocycles. The molecule has 0 amide bonds. The summed E-state index contributed by atoms with van der Waals surface area (Å²) in [5.74, 6) is 1.33. The van der Waals surface area contributed by atoms with Crippen LogP contribution < -0.4 is 5.73 Å². The molecule has 0 radical (unpaired) electrons. The van der Waals surface area contributed by atoms with Gasteiger partial charge in [0.1, 0.15) is 11.6 Å². The highest BCUT2D eigenvalue weighted by atomic mass is 127. The Labute approximate surface area is 73.2 Å². The Balaban J connectivity index is 3.07. The minimum absolute atomic E-state index is 0.599. The standard InChI is InChI=1S/C6H8IN3/c1-4-9-3-5(2-7)6(8)10-4/h3H,2H2,1H3,(H2,8,9,10). The van der Waals surface area contributed by atoms with E-state index in [4.69, 9.17) is 5.73 Å². The van der Waals surface area contributed by atoms with Crippen LogP contribution in [0.15, 0.2) is 6.20 Å². The van der Waals surface area contributed by atoms with Crippen LogP contribution in [0.3, 0.4) is 0 Å². The molecule has 0 atom stereocenters. The van der Waals surface area contributed by atoms with Gasteiger partial charge in [0.25, 0.3) is 0 Å². The molecule has 0 unspecified atom stereocenters. The van der Waals surface area contributed by atoms with Crippen molar-refractivity contribution in [1.82, 2.24) is 9.97 Å². The van der Waals surface area contributed by atoms with Crippen LogP contribution in [0.4, 0.5) is 5.82 Å². The van der Waals surface area contributed by atoms with Gasteiger partial charge < -0.3 is 5.73 Å². The Morgan fingerprint density at radius 2 is 2.40 bits per heavy atom. The zero-order chi connectivity index (χ0) is 7.56. The predicted molar refractivity (Wildman–Crippen MR) is 48.9 cm³/mol. The highest BCUT2D eigenvalue weighted by Gasteiger charge is 1.97. The van der Waals surface area contributed by atoms with Crippen molar-refractivity contribution < 1.29 is 0 Å². The van der Waals surface area contributed by atoms with Crippen molar-refractivity contribution in [3.05, 3.63) is 17.6 Å². The molecule has 1 aromatic rings. The van der Waals surface area contributed by atoms with Crippen LogP contribution in [-0.4, -0.2) is 9.97 Å². The molecule has 10 heavy (non-hydrogen) atoms. The van der Waals surface area contributed by atoms with E-state index in [2.05, 4.69) is 32.6 Å². The highest BCUT2D eigenvalue weighted by molar-refractivity contribution is 14.1. The van der Waals surface area contributed by atoms with Gasteiger partial charge in [0, 0.05) is 16.2 Å². The van der Waals surface area contributed by atoms with Gasteiger partial charge >= 0.3 is 0 Å². The quantitative estimate of drug-likeness (QED) is 0.602. The van der Waals surface area contributed by atoms with Gasteiger partial charge in [-0.25, -0.2) is 9.97 Å². The molecule has 0 aliphatic rings. The fourth-order valence-corrected chi connectivity index (χ4v) is 1.20. The molecular weight excluding hydrogens is 241 g/mol. The molecule has 0 aliphatic heterocycles. The third kappa shape index (κ3) is 1.56. The van der Waals surface area contributed by atoms with Crippen molar-refractivity contribution in [2.45, 2.75) is 11.4 Å². The summed E-state index contributed by atoms with van der Waals surface area (Å²) < 4.78 is 0.865. The van der Waals surface area contributed by atoms with E-state index in [9.17, 15) is 0 Å². The second kappa shape index (κ2) is 3.14. The van der Waals surface area contributed by atoms with E-state index in [0.717, 1.165) is 15.8 Å². The van der Waals surface area contributed by atoms with E-state index >= 15 is 0 Å². The molecular formula is C6H8IN3. The number of nitrogens with zero attached hydrogens (tertiary/aromatic N) is 2. The van der Waals surface area contributed by atoms with Crippen LogP contribution in [0.5, 0.6) is 0 Å². The summed E-state index contributed by atoms with van der Waals surface area (Å²) >= 11 is 2.23. The maximum absolute atomic E-state index is 5.58. The second-order valence-electron chi connectivity index (χ2n) is 1.96. The Morgan fingerprint density at radius 3 is 2.90 bits per heavy atom. The van der Waals surface area contributed by atoms with Crippen LogP contribution in [0.25, 0.3) is 0 Å². The average molecular weight is 249 g/mol. The van der Waals surface area contributed by atoms with Gasteiger partial charge in [-0.1, -0.05) is 22.6 Å². The van der Waals surface area contributed by atoms with Gasteiger partial charge in [-0.15, -0.1) is 0 Å². The molecule has 0 fully saturated rings. The molecule has 0 aliphatic carbocycles. The van der Waals surface area contributed by atoms with Crippen LogP contribution in [0, 0.1) is 6.92 Å². The van der Waals surface area contributed by atoms with E-state index in [-0.39, 0.29) is 0 Å². The monoisotopic (exact) mass is 249 g/mol. The van der Waals surface area contributed by atoms with Crippen molar-refractivity contribution in [3.8, 4) is 0 Å². The third-order valence-electron chi connectivity index (χ3n) is 1.16. The largest absolute Gasteiger partial charge is 0.383 e. The Bertz CT molecular complexity index is 236. The maximum Gasteiger partial charge on any atom is 0.131 e. The van der Waals surface area contributed by atoms with Gasteiger partial charge in [-0.05, 0) is 6.92 Å². The highest BCUT2D eigenvalue weighted by Crippen LogP contribution is 2.10. The first-order chi connectivity index (χ1) is 4.74. The number of anilines is 1. The first kappa shape index (κ1) is 7.71. The number of hydrogen-bond donors (Lipinski definition) is 1. The van der Waals surface area contributed by atoms with Gasteiger partial charge in [-0.2, -0.15) is 0 Å². The van der Waals surface area contributed by atoms with Gasteiger partial charge in [-0.3, -0.25) is 0 Å². The molecule has 1 aromatic heterocycles. The molecule has 1 heterocycles. The average Bonchev–Trinajstić information content (AvgIpc) is 1.88. The Kier molecular flexibility index (Phi) is 2.42. The number of nitrogen functional groups attached to an aromatic ring is 1. The number of halogens is 1. The van der Waals surface area contributed by atoms with Crippen LogP contribution in [0.1, 0.15) is 11.4 Å². The SMILES string of the molecule is Cc1ncc(CI)c(N)n1. The molecule has 54 valence electrons. The summed E-state index contributed by atoms with van der Waals surface area (Å²) in [4.78, 5) is 8.02. The minimum Gasteiger partial charge on any atom is -0.383 e. The first-order valence-corrected chi connectivity index (χ1v) is 4.40. The number of alkyl halides is 1. The summed E-state index contributed by atoms with van der Waals surface area (Å²) in [6.07, 6.45) is 1.77.